The maximum Gasteiger partial charge on any atom is 0.319 e. The summed E-state index contributed by atoms with van der Waals surface area (Å²) in [6.45, 7) is 13.3. The topological polar surface area (TPSA) is 208 Å². The van der Waals surface area contributed by atoms with Crippen LogP contribution in [0.2, 0.25) is 0 Å². The first-order chi connectivity index (χ1) is 36.6. The number of hydrogen-bond acceptors (Lipinski definition) is 15. The fourth-order valence-electron chi connectivity index (χ4n) is 11.4. The molecule has 19 heteroatoms. The normalized spacial score (nSPS) is 20.6. The molecule has 4 aliphatic rings. The lowest BCUT2D eigenvalue weighted by Crippen LogP contribution is -2.58. The minimum atomic E-state index is -0.968. The van der Waals surface area contributed by atoms with Gasteiger partial charge in [0.15, 0.2) is 5.82 Å². The average molecular weight is 1060 g/mol. The molecule has 4 saturated heterocycles. The molecule has 17 nitrogen and oxygen atoms in total. The molecular formula is C57H69FN10O7S. The summed E-state index contributed by atoms with van der Waals surface area (Å²) in [5, 5.41) is 33.1. The molecule has 3 aromatic heterocycles. The van der Waals surface area contributed by atoms with Gasteiger partial charge in [0.1, 0.15) is 48.1 Å². The SMILES string of the molecule is CCc1cccc2cc(O)cc(-c3ncc4c(N5CC6CCC(C5)N6)nc(OCCN5CCC(OCC(=O)N[C@H](C(=O)N6CC(O)CC6C(=O)NCCc6ccc(-c7scnc7C)cc6)C(C)(C)C)CC5)nc4c3F)c12. The number of phenols is 1. The number of aryl methyl sites for hydroxylation is 2. The Morgan fingerprint density at radius 3 is 2.46 bits per heavy atom. The number of aliphatic hydroxyl groups is 1. The van der Waals surface area contributed by atoms with Gasteiger partial charge in [0.05, 0.1) is 33.7 Å². The Morgan fingerprint density at radius 2 is 1.75 bits per heavy atom. The van der Waals surface area contributed by atoms with Crippen molar-refractivity contribution in [2.24, 2.45) is 5.41 Å². The van der Waals surface area contributed by atoms with Crippen LogP contribution in [0.15, 0.2) is 66.3 Å². The van der Waals surface area contributed by atoms with Gasteiger partial charge in [-0.05, 0) is 90.5 Å². The van der Waals surface area contributed by atoms with Crippen molar-refractivity contribution < 1.29 is 38.5 Å². The number of carbonyl (C=O) groups excluding carboxylic acids is 3. The van der Waals surface area contributed by atoms with Gasteiger partial charge in [-0.3, -0.25) is 24.3 Å². The molecule has 2 bridgehead atoms. The zero-order valence-corrected chi connectivity index (χ0v) is 44.8. The quantitative estimate of drug-likeness (QED) is 0.0677. The van der Waals surface area contributed by atoms with Gasteiger partial charge in [-0.2, -0.15) is 9.97 Å². The summed E-state index contributed by atoms with van der Waals surface area (Å²) in [5.74, 6) is -1.21. The molecule has 6 aromatic rings. The Hall–Kier alpha value is -6.38. The van der Waals surface area contributed by atoms with Crippen LogP contribution < -0.4 is 25.6 Å². The van der Waals surface area contributed by atoms with Crippen molar-refractivity contribution in [3.8, 4) is 33.5 Å². The second-order valence-electron chi connectivity index (χ2n) is 21.9. The van der Waals surface area contributed by atoms with Crippen molar-refractivity contribution in [1.82, 2.24) is 45.7 Å². The summed E-state index contributed by atoms with van der Waals surface area (Å²) in [4.78, 5) is 66.8. The zero-order chi connectivity index (χ0) is 53.3. The molecule has 7 heterocycles. The van der Waals surface area contributed by atoms with Gasteiger partial charge in [0, 0.05) is 76.1 Å². The molecule has 4 unspecified atom stereocenters. The number of hydrogen-bond donors (Lipinski definition) is 5. The van der Waals surface area contributed by atoms with E-state index < -0.39 is 41.2 Å². The molecule has 0 saturated carbocycles. The van der Waals surface area contributed by atoms with Crippen molar-refractivity contribution in [2.75, 3.05) is 63.9 Å². The first-order valence-corrected chi connectivity index (χ1v) is 27.6. The smallest absolute Gasteiger partial charge is 0.319 e. The highest BCUT2D eigenvalue weighted by Crippen LogP contribution is 2.39. The zero-order valence-electron chi connectivity index (χ0n) is 44.0. The third kappa shape index (κ3) is 11.6. The summed E-state index contributed by atoms with van der Waals surface area (Å²) >= 11 is 1.60. The molecular weight excluding hydrogens is 988 g/mol. The van der Waals surface area contributed by atoms with E-state index in [1.54, 1.807) is 29.7 Å². The van der Waals surface area contributed by atoms with E-state index in [0.29, 0.717) is 87.4 Å². The number of nitrogens with one attached hydrogen (secondary N) is 3. The summed E-state index contributed by atoms with van der Waals surface area (Å²) in [5.41, 5.74) is 5.98. The average Bonchev–Trinajstić information content (AvgIpc) is 4.14. The predicted octanol–water partition coefficient (Wildman–Crippen LogP) is 6.34. The van der Waals surface area contributed by atoms with Crippen LogP contribution in [0, 0.1) is 18.2 Å². The monoisotopic (exact) mass is 1060 g/mol. The highest BCUT2D eigenvalue weighted by molar-refractivity contribution is 7.13. The molecule has 76 heavy (non-hydrogen) atoms. The van der Waals surface area contributed by atoms with E-state index >= 15 is 4.39 Å². The number of halogens is 1. The van der Waals surface area contributed by atoms with Crippen molar-refractivity contribution in [3.05, 3.63) is 88.9 Å². The number of phenolic OH excluding ortho intramolecular Hbond substituents is 1. The number of aromatic nitrogens is 4. The third-order valence-corrected chi connectivity index (χ3v) is 16.4. The molecule has 3 amide bonds. The molecule has 3 aromatic carbocycles. The van der Waals surface area contributed by atoms with Crippen LogP contribution in [-0.2, 0) is 32.0 Å². The van der Waals surface area contributed by atoms with Gasteiger partial charge in [-0.1, -0.05) is 70.2 Å². The van der Waals surface area contributed by atoms with Gasteiger partial charge in [0.25, 0.3) is 0 Å². The maximum absolute atomic E-state index is 17.1. The van der Waals surface area contributed by atoms with E-state index in [1.807, 2.05) is 70.5 Å². The van der Waals surface area contributed by atoms with Gasteiger partial charge >= 0.3 is 6.01 Å². The molecule has 4 aliphatic heterocycles. The Labute approximate surface area is 446 Å². The van der Waals surface area contributed by atoms with Gasteiger partial charge in [-0.15, -0.1) is 11.3 Å². The first kappa shape index (κ1) is 53.0. The lowest BCUT2D eigenvalue weighted by molar-refractivity contribution is -0.145. The van der Waals surface area contributed by atoms with Crippen molar-refractivity contribution in [1.29, 1.82) is 0 Å². The number of benzene rings is 3. The van der Waals surface area contributed by atoms with Crippen LogP contribution in [-0.4, -0.2) is 153 Å². The Bertz CT molecular complexity index is 3080. The van der Waals surface area contributed by atoms with Crippen LogP contribution in [0.5, 0.6) is 11.8 Å². The molecule has 0 spiro atoms. The molecule has 4 fully saturated rings. The molecule has 5 atom stereocenters. The number of piperidine rings is 1. The number of anilines is 1. The van der Waals surface area contributed by atoms with Crippen molar-refractivity contribution >= 4 is 56.6 Å². The largest absolute Gasteiger partial charge is 0.508 e. The Balaban J connectivity index is 0.727. The summed E-state index contributed by atoms with van der Waals surface area (Å²) in [6, 6.07) is 16.1. The lowest BCUT2D eigenvalue weighted by atomic mass is 9.85. The van der Waals surface area contributed by atoms with Crippen LogP contribution in [0.25, 0.3) is 43.4 Å². The van der Waals surface area contributed by atoms with Gasteiger partial charge in [0.2, 0.25) is 17.7 Å². The number of aromatic hydroxyl groups is 1. The molecule has 402 valence electrons. The summed E-state index contributed by atoms with van der Waals surface area (Å²) in [6.07, 6.45) is 5.46. The van der Waals surface area contributed by atoms with E-state index in [1.165, 1.54) is 4.90 Å². The number of fused-ring (bicyclic) bond motifs is 4. The number of thiazole rings is 1. The number of pyridine rings is 1. The minimum Gasteiger partial charge on any atom is -0.508 e. The van der Waals surface area contributed by atoms with Gasteiger partial charge < -0.3 is 45.4 Å². The first-order valence-electron chi connectivity index (χ1n) is 26.7. The number of amides is 3. The summed E-state index contributed by atoms with van der Waals surface area (Å²) < 4.78 is 29.5. The van der Waals surface area contributed by atoms with Crippen molar-refractivity contribution in [3.63, 3.8) is 0 Å². The number of aliphatic hydroxyl groups excluding tert-OH is 1. The number of nitrogens with zero attached hydrogens (tertiary/aromatic N) is 7. The van der Waals surface area contributed by atoms with Crippen LogP contribution >= 0.6 is 11.3 Å². The van der Waals surface area contributed by atoms with E-state index in [0.717, 1.165) is 57.3 Å². The van der Waals surface area contributed by atoms with E-state index in [-0.39, 0.29) is 61.2 Å². The van der Waals surface area contributed by atoms with Crippen LogP contribution in [0.1, 0.15) is 76.6 Å². The molecule has 10 rings (SSSR count). The fourth-order valence-corrected chi connectivity index (χ4v) is 12.2. The maximum atomic E-state index is 17.1. The lowest BCUT2D eigenvalue weighted by Gasteiger charge is -2.35. The van der Waals surface area contributed by atoms with Crippen molar-refractivity contribution in [2.45, 2.75) is 116 Å². The number of ether oxygens (including phenoxy) is 2. The highest BCUT2D eigenvalue weighted by atomic mass is 32.1. The predicted molar refractivity (Wildman–Crippen MR) is 291 cm³/mol. The highest BCUT2D eigenvalue weighted by Gasteiger charge is 2.45. The number of piperazine rings is 1. The number of carbonyl (C=O) groups is 3. The van der Waals surface area contributed by atoms with Gasteiger partial charge in [-0.25, -0.2) is 9.37 Å². The number of likely N-dealkylation sites (tertiary alicyclic amines) is 2. The van der Waals surface area contributed by atoms with Crippen LogP contribution in [0.4, 0.5) is 10.2 Å². The van der Waals surface area contributed by atoms with Crippen LogP contribution in [0.3, 0.4) is 0 Å². The second-order valence-corrected chi connectivity index (χ2v) is 22.7. The second kappa shape index (κ2) is 22.7. The number of rotatable bonds is 17. The number of β-amino-alcohol motifs (C(OH)–C–C–N with tert-alkyl or cyclic N) is 1. The fraction of sp³-hybridized carbons (Fsp3) is 0.491. The van der Waals surface area contributed by atoms with E-state index in [4.69, 9.17) is 14.5 Å². The Kier molecular flexibility index (Phi) is 15.8. The molecule has 0 aliphatic carbocycles. The third-order valence-electron chi connectivity index (χ3n) is 15.4. The van der Waals surface area contributed by atoms with E-state index in [2.05, 4.69) is 52.8 Å². The Morgan fingerprint density at radius 1 is 0.987 bits per heavy atom. The van der Waals surface area contributed by atoms with E-state index in [9.17, 15) is 24.6 Å². The molecule has 5 N–H and O–H groups in total. The standard InChI is InChI=1S/C57H69FN10O7S/c1-6-35-8-7-9-37-24-40(69)25-43(47(35)37)49-48(58)50-44(27-60-49)53(67-28-38-14-15-39(29-67)62-38)65-56(64-50)74-23-22-66-20-17-42(18-21-66)75-31-46(71)63-52(57(3,4)5)55(73)68-30-41(70)26-45(68)54(72)59-19-16-34-10-12-36(13-11-34)51-33(2)61-32-76-51/h7-13,24-25,27,32,38-39,41-42,45,52,62,69-70H,6,14-23,26,28-31H2,1-5H3,(H,59,72)(H,63,71)/t38?,39?,41?,45?,52-/m1/s1. The summed E-state index contributed by atoms with van der Waals surface area (Å²) in [7, 11) is 0. The minimum absolute atomic E-state index is 0.0121. The molecule has 0 radical (unpaired) electrons.